The number of ether oxygens (including phenoxy) is 1. The summed E-state index contributed by atoms with van der Waals surface area (Å²) < 4.78 is 19.8. The minimum Gasteiger partial charge on any atom is -0.505 e. The normalized spacial score (nSPS) is 15.2. The van der Waals surface area contributed by atoms with E-state index in [0.717, 1.165) is 11.1 Å². The molecule has 172 valence electrons. The highest BCUT2D eigenvalue weighted by molar-refractivity contribution is 7.08. The fraction of sp³-hybridized carbons (Fsp3) is 0.304. The van der Waals surface area contributed by atoms with Crippen molar-refractivity contribution in [1.29, 1.82) is 0 Å². The first-order valence-electron chi connectivity index (χ1n) is 10.4. The Morgan fingerprint density at radius 2 is 1.88 bits per heavy atom. The molecule has 2 heterocycles. The van der Waals surface area contributed by atoms with Gasteiger partial charge in [0.2, 0.25) is 0 Å². The van der Waals surface area contributed by atoms with E-state index in [1.54, 1.807) is 16.8 Å². The molecule has 0 radical (unpaired) electrons. The summed E-state index contributed by atoms with van der Waals surface area (Å²) in [4.78, 5) is 38.5. The first kappa shape index (κ1) is 22.7. The Labute approximate surface area is 192 Å². The zero-order valence-corrected chi connectivity index (χ0v) is 18.4. The van der Waals surface area contributed by atoms with Crippen molar-refractivity contribution >= 4 is 23.2 Å². The molecule has 0 aliphatic heterocycles. The topological polar surface area (TPSA) is 125 Å². The summed E-state index contributed by atoms with van der Waals surface area (Å²) in [6.07, 6.45) is 2.67. The van der Waals surface area contributed by atoms with E-state index in [9.17, 15) is 23.9 Å². The van der Waals surface area contributed by atoms with Crippen LogP contribution in [0.5, 0.6) is 5.75 Å². The molecule has 1 fully saturated rings. The summed E-state index contributed by atoms with van der Waals surface area (Å²) in [5.41, 5.74) is 3.59. The molecular formula is C23H22FN3O5S. The van der Waals surface area contributed by atoms with Crippen LogP contribution in [0.4, 0.5) is 4.39 Å². The number of nitrogens with two attached hydrogens (primary N) is 1. The molecule has 1 aliphatic carbocycles. The van der Waals surface area contributed by atoms with Gasteiger partial charge in [0.15, 0.2) is 16.9 Å². The zero-order chi connectivity index (χ0) is 23.6. The van der Waals surface area contributed by atoms with E-state index in [1.807, 2.05) is 0 Å². The Morgan fingerprint density at radius 1 is 1.18 bits per heavy atom. The van der Waals surface area contributed by atoms with E-state index in [-0.39, 0.29) is 25.1 Å². The van der Waals surface area contributed by atoms with Gasteiger partial charge in [0, 0.05) is 10.9 Å². The van der Waals surface area contributed by atoms with E-state index in [2.05, 4.69) is 5.10 Å². The molecule has 33 heavy (non-hydrogen) atoms. The van der Waals surface area contributed by atoms with Gasteiger partial charge >= 0.3 is 5.97 Å². The zero-order valence-electron chi connectivity index (χ0n) is 17.6. The fourth-order valence-corrected chi connectivity index (χ4v) is 4.60. The molecule has 0 unspecified atom stereocenters. The van der Waals surface area contributed by atoms with Gasteiger partial charge < -0.3 is 15.6 Å². The standard InChI is InChI=1S/C23H22FN3O5S/c24-16-6-4-14(5-7-16)12-27-20(29)17(19(28)18(26-27)15-8-11-33-13-15)21(30)32-23(22(25)31)9-2-1-3-10-23/h4-8,11,13,28H,1-3,9-10,12H2,(H2,25,31). The third kappa shape index (κ3) is 4.51. The van der Waals surface area contributed by atoms with Crippen molar-refractivity contribution in [3.05, 3.63) is 68.4 Å². The number of esters is 1. The predicted octanol–water partition coefficient (Wildman–Crippen LogP) is 3.21. The van der Waals surface area contributed by atoms with Gasteiger partial charge in [-0.05, 0) is 54.8 Å². The van der Waals surface area contributed by atoms with Gasteiger partial charge in [0.05, 0.1) is 6.54 Å². The van der Waals surface area contributed by atoms with Crippen LogP contribution in [-0.2, 0) is 16.1 Å². The molecule has 1 amide bonds. The summed E-state index contributed by atoms with van der Waals surface area (Å²) in [6.45, 7) is -0.0717. The number of aromatic hydroxyl groups is 1. The number of primary amides is 1. The van der Waals surface area contributed by atoms with Crippen LogP contribution in [0.25, 0.3) is 11.3 Å². The molecular weight excluding hydrogens is 449 g/mol. The highest BCUT2D eigenvalue weighted by Gasteiger charge is 2.43. The smallest absolute Gasteiger partial charge is 0.348 e. The van der Waals surface area contributed by atoms with Crippen LogP contribution < -0.4 is 11.3 Å². The number of rotatable bonds is 6. The number of carbonyl (C=O) groups is 2. The van der Waals surface area contributed by atoms with Gasteiger partial charge in [0.1, 0.15) is 11.5 Å². The summed E-state index contributed by atoms with van der Waals surface area (Å²) in [5.74, 6) is -2.98. The maximum absolute atomic E-state index is 13.3. The number of nitrogens with zero attached hydrogens (tertiary/aromatic N) is 2. The number of thiophene rings is 1. The number of amides is 1. The van der Waals surface area contributed by atoms with Gasteiger partial charge in [-0.15, -0.1) is 0 Å². The maximum atomic E-state index is 13.3. The average molecular weight is 472 g/mol. The second-order valence-corrected chi connectivity index (χ2v) is 8.76. The van der Waals surface area contributed by atoms with E-state index in [1.165, 1.54) is 35.6 Å². The highest BCUT2D eigenvalue weighted by Crippen LogP contribution is 2.35. The van der Waals surface area contributed by atoms with Crippen molar-refractivity contribution in [2.45, 2.75) is 44.2 Å². The van der Waals surface area contributed by atoms with Crippen molar-refractivity contribution in [2.24, 2.45) is 5.73 Å². The molecule has 0 bridgehead atoms. The molecule has 1 saturated carbocycles. The van der Waals surface area contributed by atoms with Crippen molar-refractivity contribution in [3.63, 3.8) is 0 Å². The summed E-state index contributed by atoms with van der Waals surface area (Å²) >= 11 is 1.35. The average Bonchev–Trinajstić information content (AvgIpc) is 3.32. The second-order valence-electron chi connectivity index (χ2n) is 7.98. The molecule has 3 N–H and O–H groups in total. The molecule has 3 aromatic rings. The molecule has 1 aliphatic rings. The SMILES string of the molecule is NC(=O)C1(OC(=O)c2c(O)c(-c3ccsc3)nn(Cc3ccc(F)cc3)c2=O)CCCCC1. The lowest BCUT2D eigenvalue weighted by Crippen LogP contribution is -2.49. The van der Waals surface area contributed by atoms with E-state index >= 15 is 0 Å². The van der Waals surface area contributed by atoms with E-state index in [4.69, 9.17) is 10.5 Å². The quantitative estimate of drug-likeness (QED) is 0.532. The fourth-order valence-electron chi connectivity index (χ4n) is 3.96. The minimum absolute atomic E-state index is 0.0154. The third-order valence-corrected chi connectivity index (χ3v) is 6.46. The molecule has 4 rings (SSSR count). The van der Waals surface area contributed by atoms with Crippen molar-refractivity contribution in [3.8, 4) is 17.0 Å². The lowest BCUT2D eigenvalue weighted by Gasteiger charge is -2.33. The maximum Gasteiger partial charge on any atom is 0.348 e. The number of halogens is 1. The monoisotopic (exact) mass is 471 g/mol. The lowest BCUT2D eigenvalue weighted by atomic mass is 9.84. The molecule has 0 saturated heterocycles. The molecule has 8 nitrogen and oxygen atoms in total. The van der Waals surface area contributed by atoms with Gasteiger partial charge in [0.25, 0.3) is 11.5 Å². The largest absolute Gasteiger partial charge is 0.505 e. The first-order chi connectivity index (χ1) is 15.8. The molecule has 10 heteroatoms. The van der Waals surface area contributed by atoms with Gasteiger partial charge in [-0.25, -0.2) is 13.9 Å². The van der Waals surface area contributed by atoms with Gasteiger partial charge in [-0.3, -0.25) is 9.59 Å². The Bertz CT molecular complexity index is 1230. The first-order valence-corrected chi connectivity index (χ1v) is 11.4. The minimum atomic E-state index is -1.53. The van der Waals surface area contributed by atoms with Crippen LogP contribution in [0.3, 0.4) is 0 Å². The van der Waals surface area contributed by atoms with Gasteiger partial charge in [-0.2, -0.15) is 16.4 Å². The number of aromatic nitrogens is 2. The second kappa shape index (κ2) is 9.14. The Balaban J connectivity index is 1.79. The number of benzene rings is 1. The number of hydrogen-bond acceptors (Lipinski definition) is 7. The van der Waals surface area contributed by atoms with Gasteiger partial charge in [-0.1, -0.05) is 18.6 Å². The van der Waals surface area contributed by atoms with Crippen LogP contribution in [-0.4, -0.2) is 32.4 Å². The molecule has 0 spiro atoms. The van der Waals surface area contributed by atoms with Crippen LogP contribution >= 0.6 is 11.3 Å². The third-order valence-electron chi connectivity index (χ3n) is 5.77. The summed E-state index contributed by atoms with van der Waals surface area (Å²) in [5, 5.41) is 18.6. The molecule has 2 aromatic heterocycles. The lowest BCUT2D eigenvalue weighted by molar-refractivity contribution is -0.140. The van der Waals surface area contributed by atoms with Crippen LogP contribution in [0.15, 0.2) is 45.9 Å². The highest BCUT2D eigenvalue weighted by atomic mass is 32.1. The van der Waals surface area contributed by atoms with E-state index in [0.29, 0.717) is 24.0 Å². The number of carbonyl (C=O) groups excluding carboxylic acids is 2. The summed E-state index contributed by atoms with van der Waals surface area (Å²) in [7, 11) is 0. The predicted molar refractivity (Wildman–Crippen MR) is 119 cm³/mol. The Hall–Kier alpha value is -3.53. The van der Waals surface area contributed by atoms with E-state index < -0.39 is 40.2 Å². The Morgan fingerprint density at radius 3 is 2.48 bits per heavy atom. The summed E-state index contributed by atoms with van der Waals surface area (Å²) in [6, 6.07) is 7.15. The van der Waals surface area contributed by atoms with Crippen molar-refractivity contribution in [2.75, 3.05) is 0 Å². The van der Waals surface area contributed by atoms with Crippen LogP contribution in [0.1, 0.15) is 48.0 Å². The van der Waals surface area contributed by atoms with Crippen LogP contribution in [0, 0.1) is 5.82 Å². The van der Waals surface area contributed by atoms with Crippen molar-refractivity contribution in [1.82, 2.24) is 9.78 Å². The van der Waals surface area contributed by atoms with Crippen molar-refractivity contribution < 1.29 is 23.8 Å². The molecule has 1 aromatic carbocycles. The van der Waals surface area contributed by atoms with Crippen LogP contribution in [0.2, 0.25) is 0 Å². The Kier molecular flexibility index (Phi) is 6.28. The molecule has 0 atom stereocenters. The number of hydrogen-bond donors (Lipinski definition) is 2.